The van der Waals surface area contributed by atoms with Gasteiger partial charge in [-0.05, 0) is 63.4 Å². The highest BCUT2D eigenvalue weighted by molar-refractivity contribution is 5.81. The maximum Gasteiger partial charge on any atom is 0.237 e. The van der Waals surface area contributed by atoms with E-state index in [-0.39, 0.29) is 11.9 Å². The molecule has 1 aromatic rings. The van der Waals surface area contributed by atoms with Crippen LogP contribution in [0, 0.1) is 6.92 Å². The van der Waals surface area contributed by atoms with Crippen LogP contribution in [0.15, 0.2) is 24.3 Å². The number of hydrogen-bond acceptors (Lipinski definition) is 3. The Labute approximate surface area is 140 Å². The van der Waals surface area contributed by atoms with Gasteiger partial charge in [-0.25, -0.2) is 0 Å². The second-order valence-electron chi connectivity index (χ2n) is 6.36. The molecular formula is C19H30N2O2. The van der Waals surface area contributed by atoms with Crippen LogP contribution in [0.5, 0.6) is 5.75 Å². The van der Waals surface area contributed by atoms with Crippen LogP contribution < -0.4 is 10.1 Å². The minimum absolute atomic E-state index is 0.0707. The molecule has 4 heteroatoms. The van der Waals surface area contributed by atoms with Crippen LogP contribution in [-0.4, -0.2) is 43.1 Å². The summed E-state index contributed by atoms with van der Waals surface area (Å²) in [5.74, 6) is 1.09. The van der Waals surface area contributed by atoms with Crippen LogP contribution in [0.4, 0.5) is 0 Å². The molecule has 1 fully saturated rings. The molecule has 0 saturated carbocycles. The largest absolute Gasteiger partial charge is 0.494 e. The average Bonchev–Trinajstić information content (AvgIpc) is 2.55. The predicted octanol–water partition coefficient (Wildman–Crippen LogP) is 3.14. The minimum atomic E-state index is 0.0707. The van der Waals surface area contributed by atoms with E-state index in [1.54, 1.807) is 0 Å². The summed E-state index contributed by atoms with van der Waals surface area (Å²) in [4.78, 5) is 14.7. The highest BCUT2D eigenvalue weighted by atomic mass is 16.5. The van der Waals surface area contributed by atoms with Gasteiger partial charge >= 0.3 is 0 Å². The van der Waals surface area contributed by atoms with Gasteiger partial charge in [0.25, 0.3) is 0 Å². The third kappa shape index (κ3) is 5.87. The zero-order valence-electron chi connectivity index (χ0n) is 14.5. The van der Waals surface area contributed by atoms with Crippen LogP contribution in [0.2, 0.25) is 0 Å². The third-order valence-electron chi connectivity index (χ3n) is 4.31. The molecule has 1 amide bonds. The number of carbonyl (C=O) groups excluding carboxylic acids is 1. The van der Waals surface area contributed by atoms with Crippen molar-refractivity contribution in [3.63, 3.8) is 0 Å². The molecule has 1 saturated heterocycles. The molecule has 23 heavy (non-hydrogen) atoms. The van der Waals surface area contributed by atoms with Gasteiger partial charge in [0.2, 0.25) is 5.91 Å². The van der Waals surface area contributed by atoms with Crippen LogP contribution in [0.25, 0.3) is 0 Å². The summed E-state index contributed by atoms with van der Waals surface area (Å²) in [7, 11) is 0. The van der Waals surface area contributed by atoms with Crippen molar-refractivity contribution in [2.45, 2.75) is 52.0 Å². The maximum atomic E-state index is 12.4. The molecule has 1 aromatic carbocycles. The molecule has 4 nitrogen and oxygen atoms in total. The van der Waals surface area contributed by atoms with Crippen molar-refractivity contribution in [2.24, 2.45) is 0 Å². The topological polar surface area (TPSA) is 41.6 Å². The van der Waals surface area contributed by atoms with Crippen LogP contribution in [0.3, 0.4) is 0 Å². The average molecular weight is 318 g/mol. The lowest BCUT2D eigenvalue weighted by atomic mass is 10.0. The Morgan fingerprint density at radius 2 is 2.26 bits per heavy atom. The molecule has 1 heterocycles. The monoisotopic (exact) mass is 318 g/mol. The Morgan fingerprint density at radius 3 is 3.04 bits per heavy atom. The van der Waals surface area contributed by atoms with Gasteiger partial charge in [-0.1, -0.05) is 25.5 Å². The number of piperidine rings is 1. The van der Waals surface area contributed by atoms with Crippen molar-refractivity contribution in [3.8, 4) is 5.75 Å². The number of benzene rings is 1. The number of nitrogens with one attached hydrogen (secondary N) is 1. The quantitative estimate of drug-likeness (QED) is 0.749. The number of ether oxygens (including phenoxy) is 1. The van der Waals surface area contributed by atoms with E-state index >= 15 is 0 Å². The van der Waals surface area contributed by atoms with Crippen molar-refractivity contribution in [1.82, 2.24) is 10.2 Å². The van der Waals surface area contributed by atoms with Gasteiger partial charge in [0.15, 0.2) is 0 Å². The number of aryl methyl sites for hydroxylation is 1. The first-order valence-electron chi connectivity index (χ1n) is 8.92. The van der Waals surface area contributed by atoms with Gasteiger partial charge in [0.05, 0.1) is 12.6 Å². The lowest BCUT2D eigenvalue weighted by Gasteiger charge is -2.34. The van der Waals surface area contributed by atoms with E-state index in [1.165, 1.54) is 12.0 Å². The number of hydrogen-bond donors (Lipinski definition) is 1. The Bertz CT molecular complexity index is 488. The Morgan fingerprint density at radius 1 is 1.39 bits per heavy atom. The predicted molar refractivity (Wildman–Crippen MR) is 93.8 cm³/mol. The van der Waals surface area contributed by atoms with E-state index in [4.69, 9.17) is 4.74 Å². The fourth-order valence-electron chi connectivity index (χ4n) is 3.14. The molecule has 0 aliphatic carbocycles. The van der Waals surface area contributed by atoms with E-state index in [0.29, 0.717) is 13.2 Å². The molecule has 0 spiro atoms. The number of carbonyl (C=O) groups is 1. The molecule has 2 rings (SSSR count). The number of likely N-dealkylation sites (tertiary alicyclic amines) is 1. The summed E-state index contributed by atoms with van der Waals surface area (Å²) in [6.45, 7) is 7.62. The van der Waals surface area contributed by atoms with E-state index in [1.807, 2.05) is 18.2 Å². The molecule has 0 bridgehead atoms. The van der Waals surface area contributed by atoms with Crippen molar-refractivity contribution >= 4 is 5.91 Å². The summed E-state index contributed by atoms with van der Waals surface area (Å²) >= 11 is 0. The zero-order chi connectivity index (χ0) is 16.5. The minimum Gasteiger partial charge on any atom is -0.494 e. The molecule has 128 valence electrons. The van der Waals surface area contributed by atoms with Gasteiger partial charge in [0, 0.05) is 6.54 Å². The highest BCUT2D eigenvalue weighted by Crippen LogP contribution is 2.17. The van der Waals surface area contributed by atoms with E-state index in [9.17, 15) is 4.79 Å². The summed E-state index contributed by atoms with van der Waals surface area (Å²) < 4.78 is 5.71. The SMILES string of the molecule is CCCN1CCCCC1C(=O)NCCCOc1cccc(C)c1. The lowest BCUT2D eigenvalue weighted by Crippen LogP contribution is -2.49. The van der Waals surface area contributed by atoms with Crippen LogP contribution in [0.1, 0.15) is 44.6 Å². The van der Waals surface area contributed by atoms with Gasteiger partial charge < -0.3 is 10.1 Å². The first-order valence-corrected chi connectivity index (χ1v) is 8.92. The molecule has 1 aliphatic rings. The second kappa shape index (κ2) is 9.56. The summed E-state index contributed by atoms with van der Waals surface area (Å²) in [5, 5.41) is 3.08. The third-order valence-corrected chi connectivity index (χ3v) is 4.31. The van der Waals surface area contributed by atoms with E-state index in [2.05, 4.69) is 30.1 Å². The van der Waals surface area contributed by atoms with Crippen molar-refractivity contribution in [3.05, 3.63) is 29.8 Å². The van der Waals surface area contributed by atoms with Crippen molar-refractivity contribution in [2.75, 3.05) is 26.2 Å². The van der Waals surface area contributed by atoms with Gasteiger partial charge in [-0.15, -0.1) is 0 Å². The Balaban J connectivity index is 1.66. The molecule has 1 aliphatic heterocycles. The highest BCUT2D eigenvalue weighted by Gasteiger charge is 2.27. The molecule has 0 radical (unpaired) electrons. The first kappa shape index (κ1) is 17.8. The normalized spacial score (nSPS) is 18.6. The van der Waals surface area contributed by atoms with Crippen molar-refractivity contribution in [1.29, 1.82) is 0 Å². The van der Waals surface area contributed by atoms with Gasteiger partial charge in [-0.3, -0.25) is 9.69 Å². The lowest BCUT2D eigenvalue weighted by molar-refractivity contribution is -0.127. The fraction of sp³-hybridized carbons (Fsp3) is 0.632. The Kier molecular flexibility index (Phi) is 7.40. The number of rotatable bonds is 8. The smallest absolute Gasteiger partial charge is 0.237 e. The molecule has 1 N–H and O–H groups in total. The fourth-order valence-corrected chi connectivity index (χ4v) is 3.14. The van der Waals surface area contributed by atoms with Gasteiger partial charge in [0.1, 0.15) is 5.75 Å². The summed E-state index contributed by atoms with van der Waals surface area (Å²) in [6.07, 6.45) is 5.31. The summed E-state index contributed by atoms with van der Waals surface area (Å²) in [6, 6.07) is 8.12. The molecule has 0 aromatic heterocycles. The second-order valence-corrected chi connectivity index (χ2v) is 6.36. The summed E-state index contributed by atoms with van der Waals surface area (Å²) in [5.41, 5.74) is 1.20. The van der Waals surface area contributed by atoms with E-state index < -0.39 is 0 Å². The van der Waals surface area contributed by atoms with Crippen LogP contribution in [-0.2, 0) is 4.79 Å². The Hall–Kier alpha value is -1.55. The molecule has 1 unspecified atom stereocenters. The zero-order valence-corrected chi connectivity index (χ0v) is 14.5. The van der Waals surface area contributed by atoms with E-state index in [0.717, 1.165) is 44.5 Å². The van der Waals surface area contributed by atoms with Gasteiger partial charge in [-0.2, -0.15) is 0 Å². The molecular weight excluding hydrogens is 288 g/mol. The standard InChI is InChI=1S/C19H30N2O2/c1-3-12-21-13-5-4-10-18(21)19(22)20-11-7-14-23-17-9-6-8-16(2)15-17/h6,8-9,15,18H,3-5,7,10-14H2,1-2H3,(H,20,22). The van der Waals surface area contributed by atoms with Crippen LogP contribution >= 0.6 is 0 Å². The number of nitrogens with zero attached hydrogens (tertiary/aromatic N) is 1. The van der Waals surface area contributed by atoms with Crippen molar-refractivity contribution < 1.29 is 9.53 Å². The maximum absolute atomic E-state index is 12.4. The number of amides is 1. The molecule has 1 atom stereocenters. The first-order chi connectivity index (χ1) is 11.2.